The van der Waals surface area contributed by atoms with Crippen LogP contribution in [0.3, 0.4) is 0 Å². The van der Waals surface area contributed by atoms with E-state index in [1.54, 1.807) is 6.07 Å². The van der Waals surface area contributed by atoms with E-state index in [2.05, 4.69) is 5.32 Å². The van der Waals surface area contributed by atoms with E-state index in [9.17, 15) is 4.79 Å². The van der Waals surface area contributed by atoms with Gasteiger partial charge in [0, 0.05) is 0 Å². The van der Waals surface area contributed by atoms with Gasteiger partial charge in [0.15, 0.2) is 5.75 Å². The second kappa shape index (κ2) is 2.74. The molecule has 1 N–H and O–H groups in total. The fourth-order valence-corrected chi connectivity index (χ4v) is 1.48. The lowest BCUT2D eigenvalue weighted by Crippen LogP contribution is -2.46. The molecule has 0 fully saturated rings. The van der Waals surface area contributed by atoms with Gasteiger partial charge in [0.05, 0.1) is 5.69 Å². The highest BCUT2D eigenvalue weighted by atomic mass is 16.5. The van der Waals surface area contributed by atoms with Gasteiger partial charge in [-0.1, -0.05) is 12.1 Å². The van der Waals surface area contributed by atoms with Crippen molar-refractivity contribution in [2.75, 3.05) is 5.32 Å². The summed E-state index contributed by atoms with van der Waals surface area (Å²) >= 11 is 0. The molecule has 0 aliphatic carbocycles. The van der Waals surface area contributed by atoms with E-state index in [4.69, 9.17) is 4.74 Å². The third kappa shape index (κ3) is 1.25. The third-order valence-corrected chi connectivity index (χ3v) is 2.39. The normalized spacial score (nSPS) is 18.1. The molecular weight excluding hydrogens is 178 g/mol. The highest BCUT2D eigenvalue weighted by Crippen LogP contribution is 2.35. The number of nitrogens with one attached hydrogen (secondary N) is 1. The minimum atomic E-state index is -0.640. The molecule has 0 saturated carbocycles. The summed E-state index contributed by atoms with van der Waals surface area (Å²) in [6.07, 6.45) is 0. The van der Waals surface area contributed by atoms with Gasteiger partial charge in [0.25, 0.3) is 0 Å². The van der Waals surface area contributed by atoms with E-state index in [-0.39, 0.29) is 5.97 Å². The summed E-state index contributed by atoms with van der Waals surface area (Å²) in [4.78, 5) is 11.5. The van der Waals surface area contributed by atoms with Crippen LogP contribution in [-0.2, 0) is 4.79 Å². The standard InChI is InChI=1S/C11H13NO2/c1-7-5-4-6-8-9(7)12-11(2,3)10(13)14-8/h4-6,12H,1-3H3. The lowest BCUT2D eigenvalue weighted by molar-refractivity contribution is -0.139. The number of rotatable bonds is 0. The largest absolute Gasteiger partial charge is 0.423 e. The Morgan fingerprint density at radius 1 is 1.36 bits per heavy atom. The molecule has 0 amide bonds. The fourth-order valence-electron chi connectivity index (χ4n) is 1.48. The molecule has 1 aliphatic rings. The highest BCUT2D eigenvalue weighted by molar-refractivity contribution is 5.90. The Morgan fingerprint density at radius 3 is 2.79 bits per heavy atom. The Bertz CT molecular complexity index is 396. The predicted molar refractivity (Wildman–Crippen MR) is 54.5 cm³/mol. The van der Waals surface area contributed by atoms with E-state index in [0.29, 0.717) is 5.75 Å². The number of benzene rings is 1. The average molecular weight is 191 g/mol. The topological polar surface area (TPSA) is 38.3 Å². The number of ether oxygens (including phenoxy) is 1. The molecule has 0 aromatic heterocycles. The molecule has 1 heterocycles. The van der Waals surface area contributed by atoms with Gasteiger partial charge in [-0.05, 0) is 32.4 Å². The molecule has 3 heteroatoms. The van der Waals surface area contributed by atoms with Crippen LogP contribution >= 0.6 is 0 Å². The Hall–Kier alpha value is -1.51. The van der Waals surface area contributed by atoms with Crippen LogP contribution in [0.2, 0.25) is 0 Å². The summed E-state index contributed by atoms with van der Waals surface area (Å²) < 4.78 is 5.23. The minimum absolute atomic E-state index is 0.240. The van der Waals surface area contributed by atoms with Crippen LogP contribution in [0.1, 0.15) is 19.4 Å². The average Bonchev–Trinajstić information content (AvgIpc) is 2.09. The zero-order valence-electron chi connectivity index (χ0n) is 8.55. The number of esters is 1. The summed E-state index contributed by atoms with van der Waals surface area (Å²) in [6.45, 7) is 5.61. The van der Waals surface area contributed by atoms with Gasteiger partial charge in [0.2, 0.25) is 0 Å². The lowest BCUT2D eigenvalue weighted by atomic mass is 10.0. The summed E-state index contributed by atoms with van der Waals surface area (Å²) in [5.41, 5.74) is 1.36. The molecular formula is C11H13NO2. The predicted octanol–water partition coefficient (Wildman–Crippen LogP) is 2.10. The molecule has 0 unspecified atom stereocenters. The molecule has 2 rings (SSSR count). The first-order valence-electron chi connectivity index (χ1n) is 4.61. The van der Waals surface area contributed by atoms with Crippen LogP contribution in [0, 0.1) is 6.92 Å². The Balaban J connectivity index is 2.51. The molecule has 14 heavy (non-hydrogen) atoms. The number of hydrogen-bond acceptors (Lipinski definition) is 3. The van der Waals surface area contributed by atoms with E-state index in [1.165, 1.54) is 0 Å². The molecule has 1 aliphatic heterocycles. The SMILES string of the molecule is Cc1cccc2c1NC(C)(C)C(=O)O2. The first-order valence-corrected chi connectivity index (χ1v) is 4.61. The van der Waals surface area contributed by atoms with Crippen LogP contribution in [0.4, 0.5) is 5.69 Å². The fraction of sp³-hybridized carbons (Fsp3) is 0.364. The van der Waals surface area contributed by atoms with Crippen molar-refractivity contribution < 1.29 is 9.53 Å². The van der Waals surface area contributed by atoms with Crippen molar-refractivity contribution in [1.29, 1.82) is 0 Å². The van der Waals surface area contributed by atoms with Gasteiger partial charge in [0.1, 0.15) is 5.54 Å². The van der Waals surface area contributed by atoms with Crippen molar-refractivity contribution in [1.82, 2.24) is 0 Å². The van der Waals surface area contributed by atoms with Crippen molar-refractivity contribution in [2.24, 2.45) is 0 Å². The van der Waals surface area contributed by atoms with Gasteiger partial charge in [-0.2, -0.15) is 0 Å². The number of para-hydroxylation sites is 1. The second-order valence-corrected chi connectivity index (χ2v) is 4.09. The first kappa shape index (κ1) is 9.06. The lowest BCUT2D eigenvalue weighted by Gasteiger charge is -2.32. The van der Waals surface area contributed by atoms with E-state index in [0.717, 1.165) is 11.3 Å². The molecule has 1 aromatic rings. The number of carbonyl (C=O) groups is 1. The number of carbonyl (C=O) groups excluding carboxylic acids is 1. The number of aryl methyl sites for hydroxylation is 1. The molecule has 74 valence electrons. The maximum Gasteiger partial charge on any atom is 0.336 e. The number of fused-ring (bicyclic) bond motifs is 1. The maximum atomic E-state index is 11.5. The summed E-state index contributed by atoms with van der Waals surface area (Å²) in [5, 5.41) is 3.18. The summed E-state index contributed by atoms with van der Waals surface area (Å²) in [6, 6.07) is 5.66. The van der Waals surface area contributed by atoms with E-state index >= 15 is 0 Å². The van der Waals surface area contributed by atoms with Gasteiger partial charge in [-0.25, -0.2) is 4.79 Å². The minimum Gasteiger partial charge on any atom is -0.423 e. The first-order chi connectivity index (χ1) is 6.50. The summed E-state index contributed by atoms with van der Waals surface area (Å²) in [5.74, 6) is 0.380. The number of anilines is 1. The Kier molecular flexibility index (Phi) is 1.77. The second-order valence-electron chi connectivity index (χ2n) is 4.09. The van der Waals surface area contributed by atoms with Crippen molar-refractivity contribution in [3.8, 4) is 5.75 Å². The third-order valence-electron chi connectivity index (χ3n) is 2.39. The van der Waals surface area contributed by atoms with Crippen LogP contribution in [0.25, 0.3) is 0 Å². The molecule has 3 nitrogen and oxygen atoms in total. The molecule has 0 atom stereocenters. The van der Waals surface area contributed by atoms with Gasteiger partial charge < -0.3 is 10.1 Å². The maximum absolute atomic E-state index is 11.5. The molecule has 1 aromatic carbocycles. The number of hydrogen-bond donors (Lipinski definition) is 1. The van der Waals surface area contributed by atoms with Gasteiger partial charge >= 0.3 is 5.97 Å². The van der Waals surface area contributed by atoms with Crippen molar-refractivity contribution >= 4 is 11.7 Å². The summed E-state index contributed by atoms with van der Waals surface area (Å²) in [7, 11) is 0. The van der Waals surface area contributed by atoms with Gasteiger partial charge in [-0.15, -0.1) is 0 Å². The molecule has 0 radical (unpaired) electrons. The van der Waals surface area contributed by atoms with Crippen molar-refractivity contribution in [3.05, 3.63) is 23.8 Å². The zero-order chi connectivity index (χ0) is 10.3. The van der Waals surface area contributed by atoms with E-state index < -0.39 is 5.54 Å². The van der Waals surface area contributed by atoms with Crippen LogP contribution in [-0.4, -0.2) is 11.5 Å². The van der Waals surface area contributed by atoms with Crippen molar-refractivity contribution in [3.63, 3.8) is 0 Å². The molecule has 0 saturated heterocycles. The van der Waals surface area contributed by atoms with Crippen LogP contribution < -0.4 is 10.1 Å². The monoisotopic (exact) mass is 191 g/mol. The smallest absolute Gasteiger partial charge is 0.336 e. The van der Waals surface area contributed by atoms with Gasteiger partial charge in [-0.3, -0.25) is 0 Å². The Labute approximate surface area is 83.1 Å². The highest BCUT2D eigenvalue weighted by Gasteiger charge is 2.35. The zero-order valence-corrected chi connectivity index (χ0v) is 8.55. The van der Waals surface area contributed by atoms with E-state index in [1.807, 2.05) is 32.9 Å². The quantitative estimate of drug-likeness (QED) is 0.504. The Morgan fingerprint density at radius 2 is 2.07 bits per heavy atom. The van der Waals surface area contributed by atoms with Crippen molar-refractivity contribution in [2.45, 2.75) is 26.3 Å². The molecule has 0 spiro atoms. The molecule has 0 bridgehead atoms. The van der Waals surface area contributed by atoms with Crippen LogP contribution in [0.15, 0.2) is 18.2 Å². The van der Waals surface area contributed by atoms with Crippen LogP contribution in [0.5, 0.6) is 5.75 Å².